The molecule has 2 aromatic rings. The molecule has 3 heterocycles. The number of aliphatic imine (C=N–C) groups is 1. The van der Waals surface area contributed by atoms with Crippen LogP contribution in [0.3, 0.4) is 0 Å². The maximum absolute atomic E-state index is 5.82. The van der Waals surface area contributed by atoms with Gasteiger partial charge in [-0.05, 0) is 25.5 Å². The maximum atomic E-state index is 5.82. The zero-order valence-electron chi connectivity index (χ0n) is 10.4. The summed E-state index contributed by atoms with van der Waals surface area (Å²) in [6.07, 6.45) is 0. The van der Waals surface area contributed by atoms with Crippen LogP contribution in [0.4, 0.5) is 0 Å². The largest absolute Gasteiger partial charge is 0.368 e. The number of fused-ring (bicyclic) bond motifs is 1. The van der Waals surface area contributed by atoms with Crippen molar-refractivity contribution in [1.82, 2.24) is 19.9 Å². The smallest absolute Gasteiger partial charge is 0.167 e. The van der Waals surface area contributed by atoms with Crippen molar-refractivity contribution in [3.8, 4) is 0 Å². The Morgan fingerprint density at radius 2 is 2.28 bits per heavy atom. The van der Waals surface area contributed by atoms with Crippen molar-refractivity contribution < 1.29 is 0 Å². The molecule has 0 unspecified atom stereocenters. The lowest BCUT2D eigenvalue weighted by Crippen LogP contribution is -2.21. The summed E-state index contributed by atoms with van der Waals surface area (Å²) < 4.78 is 1.84. The number of nitrogens with one attached hydrogen (secondary N) is 1. The first-order valence-electron chi connectivity index (χ1n) is 5.91. The molecule has 1 N–H and O–H groups in total. The van der Waals surface area contributed by atoms with Crippen molar-refractivity contribution in [2.45, 2.75) is 19.7 Å². The molecule has 1 aliphatic heterocycles. The minimum Gasteiger partial charge on any atom is -0.368 e. The van der Waals surface area contributed by atoms with Gasteiger partial charge in [-0.2, -0.15) is 0 Å². The van der Waals surface area contributed by atoms with Crippen LogP contribution in [0.15, 0.2) is 11.1 Å². The van der Waals surface area contributed by atoms with E-state index in [9.17, 15) is 0 Å². The molecule has 0 saturated carbocycles. The second-order valence-corrected chi connectivity index (χ2v) is 4.67. The maximum Gasteiger partial charge on any atom is 0.167 e. The van der Waals surface area contributed by atoms with Crippen LogP contribution in [0.1, 0.15) is 22.6 Å². The van der Waals surface area contributed by atoms with Crippen LogP contribution in [0.25, 0.3) is 5.65 Å². The van der Waals surface area contributed by atoms with Crippen molar-refractivity contribution in [2.24, 2.45) is 4.99 Å². The van der Waals surface area contributed by atoms with Crippen molar-refractivity contribution in [2.75, 3.05) is 13.1 Å². The number of rotatable bonds is 2. The Hall–Kier alpha value is -1.62. The van der Waals surface area contributed by atoms with Crippen LogP contribution in [0, 0.1) is 13.8 Å². The molecule has 0 amide bonds. The molecule has 5 nitrogen and oxygen atoms in total. The van der Waals surface area contributed by atoms with Crippen LogP contribution < -0.4 is 5.32 Å². The highest BCUT2D eigenvalue weighted by atomic mass is 35.5. The Kier molecular flexibility index (Phi) is 2.70. The van der Waals surface area contributed by atoms with Crippen LogP contribution >= 0.6 is 11.6 Å². The van der Waals surface area contributed by atoms with Gasteiger partial charge >= 0.3 is 0 Å². The lowest BCUT2D eigenvalue weighted by atomic mass is 10.1. The van der Waals surface area contributed by atoms with E-state index >= 15 is 0 Å². The quantitative estimate of drug-likeness (QED) is 0.834. The summed E-state index contributed by atoms with van der Waals surface area (Å²) in [5, 5.41) is 7.68. The summed E-state index contributed by atoms with van der Waals surface area (Å²) in [7, 11) is 0. The summed E-state index contributed by atoms with van der Waals surface area (Å²) in [6, 6.07) is 2.09. The Bertz CT molecular complexity index is 643. The molecule has 18 heavy (non-hydrogen) atoms. The van der Waals surface area contributed by atoms with Gasteiger partial charge in [-0.3, -0.25) is 4.99 Å². The van der Waals surface area contributed by atoms with E-state index < -0.39 is 0 Å². The molecule has 0 saturated heterocycles. The molecule has 94 valence electrons. The van der Waals surface area contributed by atoms with E-state index in [1.807, 2.05) is 11.4 Å². The number of aryl methyl sites for hydroxylation is 2. The number of pyridine rings is 1. The first-order chi connectivity index (χ1) is 8.70. The Morgan fingerprint density at radius 1 is 1.44 bits per heavy atom. The third-order valence-corrected chi connectivity index (χ3v) is 3.30. The molecule has 3 rings (SSSR count). The van der Waals surface area contributed by atoms with Crippen molar-refractivity contribution >= 4 is 23.1 Å². The third-order valence-electron chi connectivity index (χ3n) is 3.06. The van der Waals surface area contributed by atoms with Crippen molar-refractivity contribution in [3.05, 3.63) is 28.7 Å². The Morgan fingerprint density at radius 3 is 2.94 bits per heavy atom. The SMILES string of the molecule is Cc1cc(C)n2nc(CCl)nc2c1C1=NCCN1. The van der Waals surface area contributed by atoms with Crippen LogP contribution in [0.2, 0.25) is 0 Å². The van der Waals surface area contributed by atoms with Gasteiger partial charge in [0.05, 0.1) is 18.0 Å². The van der Waals surface area contributed by atoms with Crippen LogP contribution in [-0.2, 0) is 5.88 Å². The normalized spacial score (nSPS) is 14.9. The lowest BCUT2D eigenvalue weighted by molar-refractivity contribution is 0.882. The van der Waals surface area contributed by atoms with Gasteiger partial charge in [0.15, 0.2) is 11.5 Å². The average molecular weight is 264 g/mol. The highest BCUT2D eigenvalue weighted by molar-refractivity contribution is 6.16. The van der Waals surface area contributed by atoms with Gasteiger partial charge in [0.2, 0.25) is 0 Å². The topological polar surface area (TPSA) is 54.6 Å². The molecule has 0 radical (unpaired) electrons. The van der Waals surface area contributed by atoms with E-state index in [-0.39, 0.29) is 0 Å². The summed E-state index contributed by atoms with van der Waals surface area (Å²) in [5.74, 6) is 1.87. The number of alkyl halides is 1. The molecule has 1 aliphatic rings. The zero-order chi connectivity index (χ0) is 12.7. The molecular weight excluding hydrogens is 250 g/mol. The zero-order valence-corrected chi connectivity index (χ0v) is 11.1. The number of hydrogen-bond acceptors (Lipinski definition) is 4. The third kappa shape index (κ3) is 1.66. The van der Waals surface area contributed by atoms with Gasteiger partial charge in [0, 0.05) is 12.2 Å². The number of amidine groups is 1. The molecule has 0 aromatic carbocycles. The number of nitrogens with zero attached hydrogens (tertiary/aromatic N) is 4. The predicted molar refractivity (Wildman–Crippen MR) is 71.4 cm³/mol. The number of aromatic nitrogens is 3. The number of hydrogen-bond donors (Lipinski definition) is 1. The molecule has 6 heteroatoms. The summed E-state index contributed by atoms with van der Waals surface area (Å²) in [6.45, 7) is 5.77. The summed E-state index contributed by atoms with van der Waals surface area (Å²) in [5.41, 5.74) is 4.06. The van der Waals surface area contributed by atoms with E-state index in [1.165, 1.54) is 0 Å². The van der Waals surface area contributed by atoms with E-state index in [0.717, 1.165) is 41.4 Å². The van der Waals surface area contributed by atoms with Crippen molar-refractivity contribution in [1.29, 1.82) is 0 Å². The van der Waals surface area contributed by atoms with Crippen molar-refractivity contribution in [3.63, 3.8) is 0 Å². The first-order valence-corrected chi connectivity index (χ1v) is 6.44. The highest BCUT2D eigenvalue weighted by Crippen LogP contribution is 2.19. The molecule has 2 aromatic heterocycles. The van der Waals surface area contributed by atoms with Gasteiger partial charge in [0.1, 0.15) is 5.84 Å². The predicted octanol–water partition coefficient (Wildman–Crippen LogP) is 1.43. The minimum absolute atomic E-state index is 0.319. The molecule has 0 spiro atoms. The first kappa shape index (κ1) is 11.5. The Labute approximate surface area is 110 Å². The summed E-state index contributed by atoms with van der Waals surface area (Å²) in [4.78, 5) is 8.97. The van der Waals surface area contributed by atoms with Gasteiger partial charge in [-0.15, -0.1) is 16.7 Å². The van der Waals surface area contributed by atoms with E-state index in [0.29, 0.717) is 11.7 Å². The van der Waals surface area contributed by atoms with Gasteiger partial charge in [-0.25, -0.2) is 9.50 Å². The van der Waals surface area contributed by atoms with Gasteiger partial charge in [-0.1, -0.05) is 0 Å². The number of halogens is 1. The standard InChI is InChI=1S/C12H14ClN5/c1-7-5-8(2)18-12(16-9(6-13)17-18)10(7)11-14-3-4-15-11/h5H,3-4,6H2,1-2H3,(H,14,15). The fourth-order valence-corrected chi connectivity index (χ4v) is 2.41. The van der Waals surface area contributed by atoms with E-state index in [2.05, 4.69) is 33.4 Å². The fourth-order valence-electron chi connectivity index (χ4n) is 2.30. The second kappa shape index (κ2) is 4.24. The second-order valence-electron chi connectivity index (χ2n) is 4.40. The van der Waals surface area contributed by atoms with E-state index in [4.69, 9.17) is 11.6 Å². The molecular formula is C12H14ClN5. The highest BCUT2D eigenvalue weighted by Gasteiger charge is 2.18. The van der Waals surface area contributed by atoms with E-state index in [1.54, 1.807) is 0 Å². The molecule has 0 aliphatic carbocycles. The fraction of sp³-hybridized carbons (Fsp3) is 0.417. The monoisotopic (exact) mass is 263 g/mol. The lowest BCUT2D eigenvalue weighted by Gasteiger charge is -2.09. The summed E-state index contributed by atoms with van der Waals surface area (Å²) >= 11 is 5.82. The van der Waals surface area contributed by atoms with Gasteiger partial charge in [0.25, 0.3) is 0 Å². The Balaban J connectivity index is 2.31. The molecule has 0 atom stereocenters. The minimum atomic E-state index is 0.319. The molecule has 0 bridgehead atoms. The average Bonchev–Trinajstić information content (AvgIpc) is 2.97. The molecule has 0 fully saturated rings. The van der Waals surface area contributed by atoms with Crippen LogP contribution in [0.5, 0.6) is 0 Å². The van der Waals surface area contributed by atoms with Gasteiger partial charge < -0.3 is 5.32 Å². The van der Waals surface area contributed by atoms with Crippen LogP contribution in [-0.4, -0.2) is 33.5 Å².